The van der Waals surface area contributed by atoms with Crippen molar-refractivity contribution in [2.24, 2.45) is 0 Å². The summed E-state index contributed by atoms with van der Waals surface area (Å²) in [5.74, 6) is -0.435. The Morgan fingerprint density at radius 2 is 1.89 bits per heavy atom. The van der Waals surface area contributed by atoms with Crippen molar-refractivity contribution in [1.29, 1.82) is 0 Å². The maximum absolute atomic E-state index is 12.7. The van der Waals surface area contributed by atoms with Gasteiger partial charge in [0.2, 0.25) is 0 Å². The zero-order valence-corrected chi connectivity index (χ0v) is 10.5. The van der Waals surface area contributed by atoms with E-state index in [-0.39, 0.29) is 11.7 Å². The molecular weight excluding hydrogens is 231 g/mol. The predicted octanol–water partition coefficient (Wildman–Crippen LogP) is 0.624. The normalized spacial score (nSPS) is 15.8. The van der Waals surface area contributed by atoms with Gasteiger partial charge in [-0.1, -0.05) is 0 Å². The van der Waals surface area contributed by atoms with Crippen LogP contribution >= 0.6 is 0 Å². The molecule has 1 aliphatic rings. The smallest absolute Gasteiger partial charge is 0.251 e. The zero-order valence-electron chi connectivity index (χ0n) is 10.5. The molecule has 1 aliphatic heterocycles. The highest BCUT2D eigenvalue weighted by Gasteiger charge is 2.14. The molecule has 1 heterocycles. The molecule has 0 aliphatic carbocycles. The molecule has 1 amide bonds. The lowest BCUT2D eigenvalue weighted by molar-refractivity contribution is -0.887. The van der Waals surface area contributed by atoms with Gasteiger partial charge in [0.1, 0.15) is 5.82 Å². The van der Waals surface area contributed by atoms with E-state index >= 15 is 0 Å². The minimum Gasteiger partial charge on any atom is -0.352 e. The van der Waals surface area contributed by atoms with Gasteiger partial charge in [-0.25, -0.2) is 4.39 Å². The van der Waals surface area contributed by atoms with Gasteiger partial charge in [-0.3, -0.25) is 4.79 Å². The van der Waals surface area contributed by atoms with Crippen LogP contribution in [0.4, 0.5) is 4.39 Å². The number of rotatable bonds is 5. The Balaban J connectivity index is 1.66. The lowest BCUT2D eigenvalue weighted by atomic mass is 10.2. The highest BCUT2D eigenvalue weighted by molar-refractivity contribution is 5.94. The summed E-state index contributed by atoms with van der Waals surface area (Å²) in [4.78, 5) is 13.4. The molecule has 0 atom stereocenters. The van der Waals surface area contributed by atoms with Gasteiger partial charge in [0.05, 0.1) is 19.6 Å². The largest absolute Gasteiger partial charge is 0.352 e. The van der Waals surface area contributed by atoms with Crippen LogP contribution in [-0.4, -0.2) is 32.1 Å². The molecule has 1 fully saturated rings. The molecule has 3 nitrogen and oxygen atoms in total. The molecule has 4 heteroatoms. The van der Waals surface area contributed by atoms with E-state index in [0.717, 1.165) is 13.0 Å². The van der Waals surface area contributed by atoms with Gasteiger partial charge >= 0.3 is 0 Å². The van der Waals surface area contributed by atoms with Gasteiger partial charge in [0, 0.05) is 31.4 Å². The molecule has 0 bridgehead atoms. The Kier molecular flexibility index (Phi) is 4.70. The molecule has 0 radical (unpaired) electrons. The van der Waals surface area contributed by atoms with Crippen LogP contribution in [0.5, 0.6) is 0 Å². The monoisotopic (exact) mass is 251 g/mol. The predicted molar refractivity (Wildman–Crippen MR) is 68.1 cm³/mol. The molecule has 2 N–H and O–H groups in total. The summed E-state index contributed by atoms with van der Waals surface area (Å²) in [6, 6.07) is 5.64. The molecule has 0 unspecified atom stereocenters. The van der Waals surface area contributed by atoms with Crippen molar-refractivity contribution in [2.45, 2.75) is 19.3 Å². The zero-order chi connectivity index (χ0) is 12.8. The van der Waals surface area contributed by atoms with Gasteiger partial charge in [0.15, 0.2) is 0 Å². The third kappa shape index (κ3) is 3.81. The van der Waals surface area contributed by atoms with Crippen molar-refractivity contribution in [3.63, 3.8) is 0 Å². The number of nitrogens with one attached hydrogen (secondary N) is 2. The van der Waals surface area contributed by atoms with Crippen molar-refractivity contribution in [1.82, 2.24) is 5.32 Å². The lowest BCUT2D eigenvalue weighted by Crippen LogP contribution is -3.10. The maximum atomic E-state index is 12.7. The summed E-state index contributed by atoms with van der Waals surface area (Å²) in [5.41, 5.74) is 0.518. The van der Waals surface area contributed by atoms with Crippen molar-refractivity contribution in [2.75, 3.05) is 26.2 Å². The Morgan fingerprint density at radius 1 is 1.22 bits per heavy atom. The van der Waals surface area contributed by atoms with E-state index in [9.17, 15) is 9.18 Å². The number of benzene rings is 1. The number of hydrogen-bond acceptors (Lipinski definition) is 1. The highest BCUT2D eigenvalue weighted by atomic mass is 19.1. The van der Waals surface area contributed by atoms with Crippen LogP contribution in [0.1, 0.15) is 29.6 Å². The Labute approximate surface area is 107 Å². The summed E-state index contributed by atoms with van der Waals surface area (Å²) in [6.07, 6.45) is 3.66. The second-order valence-corrected chi connectivity index (χ2v) is 4.82. The molecule has 0 aromatic heterocycles. The molecule has 98 valence electrons. The highest BCUT2D eigenvalue weighted by Crippen LogP contribution is 2.02. The summed E-state index contributed by atoms with van der Waals surface area (Å²) >= 11 is 0. The maximum Gasteiger partial charge on any atom is 0.251 e. The van der Waals surface area contributed by atoms with Crippen LogP contribution in [0.3, 0.4) is 0 Å². The van der Waals surface area contributed by atoms with E-state index in [0.29, 0.717) is 12.1 Å². The van der Waals surface area contributed by atoms with E-state index in [1.54, 1.807) is 4.90 Å². The Morgan fingerprint density at radius 3 is 2.56 bits per heavy atom. The fraction of sp³-hybridized carbons (Fsp3) is 0.500. The Bertz CT molecular complexity index is 385. The van der Waals surface area contributed by atoms with E-state index in [4.69, 9.17) is 0 Å². The lowest BCUT2D eigenvalue weighted by Gasteiger charge is -2.12. The number of carbonyl (C=O) groups excluding carboxylic acids is 1. The summed E-state index contributed by atoms with van der Waals surface area (Å²) < 4.78 is 12.7. The van der Waals surface area contributed by atoms with E-state index < -0.39 is 0 Å². The number of likely N-dealkylation sites (tertiary alicyclic amines) is 1. The SMILES string of the molecule is O=C(NCCC[NH+]1CCCC1)c1ccc(F)cc1. The topological polar surface area (TPSA) is 33.5 Å². The first-order chi connectivity index (χ1) is 8.75. The number of carbonyl (C=O) groups is 1. The minimum atomic E-state index is -0.316. The number of quaternary nitrogens is 1. The van der Waals surface area contributed by atoms with Crippen LogP contribution in [-0.2, 0) is 0 Å². The van der Waals surface area contributed by atoms with Gasteiger partial charge in [-0.05, 0) is 24.3 Å². The first-order valence-corrected chi connectivity index (χ1v) is 6.63. The third-order valence-corrected chi connectivity index (χ3v) is 3.41. The fourth-order valence-electron chi connectivity index (χ4n) is 2.37. The number of amides is 1. The standard InChI is InChI=1S/C14H19FN2O/c15-13-6-4-12(5-7-13)14(18)16-8-3-11-17-9-1-2-10-17/h4-7H,1-3,8-11H2,(H,16,18)/p+1. The average molecular weight is 251 g/mol. The molecule has 1 saturated heterocycles. The molecular formula is C14H20FN2O+. The van der Waals surface area contributed by atoms with Crippen LogP contribution < -0.4 is 10.2 Å². The number of halogens is 1. The van der Waals surface area contributed by atoms with Crippen LogP contribution in [0, 0.1) is 5.82 Å². The number of hydrogen-bond donors (Lipinski definition) is 2. The van der Waals surface area contributed by atoms with Crippen molar-refractivity contribution in [3.05, 3.63) is 35.6 Å². The van der Waals surface area contributed by atoms with Crippen LogP contribution in [0.15, 0.2) is 24.3 Å². The molecule has 2 rings (SSSR count). The summed E-state index contributed by atoms with van der Waals surface area (Å²) in [6.45, 7) is 4.36. The van der Waals surface area contributed by atoms with Crippen molar-refractivity contribution >= 4 is 5.91 Å². The second-order valence-electron chi connectivity index (χ2n) is 4.82. The van der Waals surface area contributed by atoms with Crippen molar-refractivity contribution < 1.29 is 14.1 Å². The third-order valence-electron chi connectivity index (χ3n) is 3.41. The van der Waals surface area contributed by atoms with E-state index in [1.165, 1.54) is 50.2 Å². The van der Waals surface area contributed by atoms with Crippen molar-refractivity contribution in [3.8, 4) is 0 Å². The van der Waals surface area contributed by atoms with E-state index in [1.807, 2.05) is 0 Å². The van der Waals surface area contributed by atoms with Gasteiger partial charge in [-0.15, -0.1) is 0 Å². The van der Waals surface area contributed by atoms with Crippen LogP contribution in [0.2, 0.25) is 0 Å². The van der Waals surface area contributed by atoms with Crippen LogP contribution in [0.25, 0.3) is 0 Å². The first kappa shape index (κ1) is 13.0. The molecule has 0 spiro atoms. The average Bonchev–Trinajstić information content (AvgIpc) is 2.88. The molecule has 0 saturated carbocycles. The molecule has 1 aromatic carbocycles. The quantitative estimate of drug-likeness (QED) is 0.739. The summed E-state index contributed by atoms with van der Waals surface area (Å²) in [5, 5.41) is 2.87. The fourth-order valence-corrected chi connectivity index (χ4v) is 2.37. The molecule has 1 aromatic rings. The second kappa shape index (κ2) is 6.50. The first-order valence-electron chi connectivity index (χ1n) is 6.63. The summed E-state index contributed by atoms with van der Waals surface area (Å²) in [7, 11) is 0. The minimum absolute atomic E-state index is 0.119. The molecule has 18 heavy (non-hydrogen) atoms. The van der Waals surface area contributed by atoms with Gasteiger partial charge in [-0.2, -0.15) is 0 Å². The van der Waals surface area contributed by atoms with E-state index in [2.05, 4.69) is 5.32 Å². The Hall–Kier alpha value is -1.42. The van der Waals surface area contributed by atoms with Gasteiger partial charge < -0.3 is 10.2 Å². The van der Waals surface area contributed by atoms with Gasteiger partial charge in [0.25, 0.3) is 5.91 Å².